The average molecular weight is 230 g/mol. The number of rotatable bonds is 4. The zero-order valence-corrected chi connectivity index (χ0v) is 10.5. The van der Waals surface area contributed by atoms with Crippen molar-refractivity contribution in [3.8, 4) is 0 Å². The normalized spacial score (nSPS) is 18.8. The molecule has 0 bridgehead atoms. The van der Waals surface area contributed by atoms with Crippen molar-refractivity contribution >= 4 is 6.09 Å². The summed E-state index contributed by atoms with van der Waals surface area (Å²) in [5, 5.41) is 6.07. The minimum atomic E-state index is -0.445. The van der Waals surface area contributed by atoms with Gasteiger partial charge in [0.2, 0.25) is 0 Å². The lowest BCUT2D eigenvalue weighted by Gasteiger charge is -2.28. The number of ether oxygens (including phenoxy) is 2. The molecular weight excluding hydrogens is 208 g/mol. The van der Waals surface area contributed by atoms with Gasteiger partial charge >= 0.3 is 6.09 Å². The Morgan fingerprint density at radius 1 is 1.50 bits per heavy atom. The fourth-order valence-electron chi connectivity index (χ4n) is 1.26. The number of carbonyl (C=O) groups is 1. The summed E-state index contributed by atoms with van der Waals surface area (Å²) in [6, 6.07) is 0.485. The molecule has 1 fully saturated rings. The third-order valence-electron chi connectivity index (χ3n) is 2.11. The standard InChI is InChI=1S/C11H22N2O3/c1-8(5-12-9-6-15-7-9)13-10(14)16-11(2,3)4/h8-9,12H,5-7H2,1-4H3,(H,13,14). The first-order valence-corrected chi connectivity index (χ1v) is 5.67. The number of alkyl carbamates (subject to hydrolysis) is 1. The van der Waals surface area contributed by atoms with Crippen LogP contribution in [-0.4, -0.2) is 43.5 Å². The quantitative estimate of drug-likeness (QED) is 0.753. The highest BCUT2D eigenvalue weighted by Gasteiger charge is 2.20. The van der Waals surface area contributed by atoms with E-state index in [1.807, 2.05) is 27.7 Å². The Labute approximate surface area is 96.9 Å². The summed E-state index contributed by atoms with van der Waals surface area (Å²) in [6.07, 6.45) is -0.369. The van der Waals surface area contributed by atoms with Crippen LogP contribution in [0.5, 0.6) is 0 Å². The summed E-state index contributed by atoms with van der Waals surface area (Å²) < 4.78 is 10.2. The van der Waals surface area contributed by atoms with Crippen LogP contribution in [-0.2, 0) is 9.47 Å². The molecule has 1 heterocycles. The summed E-state index contributed by atoms with van der Waals surface area (Å²) in [7, 11) is 0. The number of hydrogen-bond acceptors (Lipinski definition) is 4. The molecule has 1 saturated heterocycles. The van der Waals surface area contributed by atoms with Gasteiger partial charge in [-0.25, -0.2) is 4.79 Å². The van der Waals surface area contributed by atoms with Crippen LogP contribution in [0, 0.1) is 0 Å². The summed E-state index contributed by atoms with van der Waals surface area (Å²) in [4.78, 5) is 11.4. The van der Waals surface area contributed by atoms with E-state index in [0.29, 0.717) is 6.04 Å². The Morgan fingerprint density at radius 3 is 2.56 bits per heavy atom. The van der Waals surface area contributed by atoms with Crippen LogP contribution in [0.15, 0.2) is 0 Å². The second kappa shape index (κ2) is 5.50. The van der Waals surface area contributed by atoms with Gasteiger partial charge in [-0.15, -0.1) is 0 Å². The summed E-state index contributed by atoms with van der Waals surface area (Å²) in [5.41, 5.74) is -0.445. The van der Waals surface area contributed by atoms with Crippen LogP contribution >= 0.6 is 0 Å². The minimum absolute atomic E-state index is 0.0513. The largest absolute Gasteiger partial charge is 0.444 e. The molecule has 5 nitrogen and oxygen atoms in total. The van der Waals surface area contributed by atoms with Gasteiger partial charge in [0.15, 0.2) is 0 Å². The average Bonchev–Trinajstić information content (AvgIpc) is 1.96. The van der Waals surface area contributed by atoms with Crippen LogP contribution in [0.4, 0.5) is 4.79 Å². The lowest BCUT2D eigenvalue weighted by atomic mass is 10.2. The maximum atomic E-state index is 11.4. The highest BCUT2D eigenvalue weighted by molar-refractivity contribution is 5.68. The Balaban J connectivity index is 2.12. The second-order valence-corrected chi connectivity index (χ2v) is 5.19. The van der Waals surface area contributed by atoms with E-state index >= 15 is 0 Å². The van der Waals surface area contributed by atoms with E-state index in [4.69, 9.17) is 9.47 Å². The van der Waals surface area contributed by atoms with E-state index in [9.17, 15) is 4.79 Å². The van der Waals surface area contributed by atoms with E-state index in [-0.39, 0.29) is 12.1 Å². The maximum Gasteiger partial charge on any atom is 0.407 e. The first kappa shape index (κ1) is 13.3. The van der Waals surface area contributed by atoms with Crippen molar-refractivity contribution in [2.24, 2.45) is 0 Å². The highest BCUT2D eigenvalue weighted by Crippen LogP contribution is 2.06. The molecule has 0 aromatic rings. The SMILES string of the molecule is CC(CNC1COC1)NC(=O)OC(C)(C)C. The van der Waals surface area contributed by atoms with Gasteiger partial charge in [-0.1, -0.05) is 0 Å². The lowest BCUT2D eigenvalue weighted by Crippen LogP contribution is -2.51. The summed E-state index contributed by atoms with van der Waals surface area (Å²) >= 11 is 0. The van der Waals surface area contributed by atoms with Crippen molar-refractivity contribution in [1.82, 2.24) is 10.6 Å². The summed E-state index contributed by atoms with van der Waals surface area (Å²) in [5.74, 6) is 0. The molecule has 0 aromatic carbocycles. The van der Waals surface area contributed by atoms with E-state index in [2.05, 4.69) is 10.6 Å². The molecule has 1 aliphatic rings. The van der Waals surface area contributed by atoms with Crippen molar-refractivity contribution < 1.29 is 14.3 Å². The van der Waals surface area contributed by atoms with Gasteiger partial charge in [-0.3, -0.25) is 0 Å². The number of nitrogens with one attached hydrogen (secondary N) is 2. The van der Waals surface area contributed by atoms with Gasteiger partial charge in [0, 0.05) is 12.6 Å². The Morgan fingerprint density at radius 2 is 2.12 bits per heavy atom. The van der Waals surface area contributed by atoms with Gasteiger partial charge in [0.1, 0.15) is 5.60 Å². The van der Waals surface area contributed by atoms with Crippen molar-refractivity contribution in [3.63, 3.8) is 0 Å². The second-order valence-electron chi connectivity index (χ2n) is 5.19. The Hall–Kier alpha value is -0.810. The third kappa shape index (κ3) is 5.32. The molecule has 1 aliphatic heterocycles. The zero-order chi connectivity index (χ0) is 12.2. The van der Waals surface area contributed by atoms with Crippen LogP contribution in [0.3, 0.4) is 0 Å². The van der Waals surface area contributed by atoms with E-state index in [0.717, 1.165) is 19.8 Å². The fraction of sp³-hybridized carbons (Fsp3) is 0.909. The summed E-state index contributed by atoms with van der Waals surface area (Å²) in [6.45, 7) is 9.74. The smallest absolute Gasteiger partial charge is 0.407 e. The van der Waals surface area contributed by atoms with Gasteiger partial charge in [-0.2, -0.15) is 0 Å². The molecule has 0 aliphatic carbocycles. The molecule has 0 aromatic heterocycles. The molecule has 94 valence electrons. The molecular formula is C11H22N2O3. The molecule has 2 N–H and O–H groups in total. The molecule has 0 radical (unpaired) electrons. The molecule has 5 heteroatoms. The Kier molecular flexibility index (Phi) is 4.56. The fourth-order valence-corrected chi connectivity index (χ4v) is 1.26. The third-order valence-corrected chi connectivity index (χ3v) is 2.11. The molecule has 1 atom stereocenters. The zero-order valence-electron chi connectivity index (χ0n) is 10.5. The van der Waals surface area contributed by atoms with Crippen molar-refractivity contribution in [2.45, 2.75) is 45.4 Å². The predicted octanol–water partition coefficient (Wildman–Crippen LogP) is 0.888. The highest BCUT2D eigenvalue weighted by atomic mass is 16.6. The predicted molar refractivity (Wildman–Crippen MR) is 61.4 cm³/mol. The minimum Gasteiger partial charge on any atom is -0.444 e. The van der Waals surface area contributed by atoms with Gasteiger partial charge in [-0.05, 0) is 27.7 Å². The molecule has 1 unspecified atom stereocenters. The topological polar surface area (TPSA) is 59.6 Å². The van der Waals surface area contributed by atoms with Crippen molar-refractivity contribution in [3.05, 3.63) is 0 Å². The molecule has 0 spiro atoms. The van der Waals surface area contributed by atoms with Crippen molar-refractivity contribution in [1.29, 1.82) is 0 Å². The van der Waals surface area contributed by atoms with Gasteiger partial charge in [0.25, 0.3) is 0 Å². The number of carbonyl (C=O) groups excluding carboxylic acids is 1. The van der Waals surface area contributed by atoms with Crippen LogP contribution in [0.1, 0.15) is 27.7 Å². The number of hydrogen-bond donors (Lipinski definition) is 2. The number of amides is 1. The van der Waals surface area contributed by atoms with Gasteiger partial charge < -0.3 is 20.1 Å². The van der Waals surface area contributed by atoms with Crippen LogP contribution in [0.25, 0.3) is 0 Å². The molecule has 0 saturated carbocycles. The van der Waals surface area contributed by atoms with Crippen LogP contribution in [0.2, 0.25) is 0 Å². The van der Waals surface area contributed by atoms with Gasteiger partial charge in [0.05, 0.1) is 19.3 Å². The van der Waals surface area contributed by atoms with Crippen molar-refractivity contribution in [2.75, 3.05) is 19.8 Å². The molecule has 1 amide bonds. The first-order valence-electron chi connectivity index (χ1n) is 5.67. The first-order chi connectivity index (χ1) is 7.37. The monoisotopic (exact) mass is 230 g/mol. The van der Waals surface area contributed by atoms with E-state index < -0.39 is 5.60 Å². The van der Waals surface area contributed by atoms with E-state index in [1.165, 1.54) is 0 Å². The molecule has 16 heavy (non-hydrogen) atoms. The lowest BCUT2D eigenvalue weighted by molar-refractivity contribution is -0.00580. The van der Waals surface area contributed by atoms with Crippen LogP contribution < -0.4 is 10.6 Å². The maximum absolute atomic E-state index is 11.4. The van der Waals surface area contributed by atoms with E-state index in [1.54, 1.807) is 0 Å². The Bertz CT molecular complexity index is 234. The molecule has 1 rings (SSSR count).